The number of nitrogens with one attached hydrogen (secondary N) is 1. The van der Waals surface area contributed by atoms with Gasteiger partial charge in [0.2, 0.25) is 5.91 Å². The van der Waals surface area contributed by atoms with Crippen molar-refractivity contribution in [3.8, 4) is 0 Å². The molecule has 14 heavy (non-hydrogen) atoms. The summed E-state index contributed by atoms with van der Waals surface area (Å²) < 4.78 is 0. The summed E-state index contributed by atoms with van der Waals surface area (Å²) in [4.78, 5) is 15.5. The Balaban J connectivity index is 2.72. The van der Waals surface area contributed by atoms with Gasteiger partial charge in [0, 0.05) is 17.4 Å². The number of carbonyl (C=O) groups excluding carboxylic acids is 1. The lowest BCUT2D eigenvalue weighted by molar-refractivity contribution is -0.115. The molecule has 1 aromatic heterocycles. The van der Waals surface area contributed by atoms with Crippen LogP contribution in [0.15, 0.2) is 12.1 Å². The zero-order chi connectivity index (χ0) is 10.6. The Hall–Kier alpha value is -0.900. The number of hydrogen-bond donors (Lipinski definition) is 1. The molecule has 0 saturated heterocycles. The van der Waals surface area contributed by atoms with Crippen molar-refractivity contribution in [3.05, 3.63) is 23.5 Å². The van der Waals surface area contributed by atoms with Crippen LogP contribution in [0.3, 0.4) is 0 Å². The Kier molecular flexibility index (Phi) is 4.07. The average molecular weight is 257 g/mol. The van der Waals surface area contributed by atoms with Crippen LogP contribution in [-0.2, 0) is 4.79 Å². The molecule has 0 unspecified atom stereocenters. The van der Waals surface area contributed by atoms with Crippen LogP contribution < -0.4 is 5.32 Å². The Morgan fingerprint density at radius 2 is 2.21 bits per heavy atom. The third-order valence-electron chi connectivity index (χ3n) is 1.82. The maximum Gasteiger partial charge on any atom is 0.225 e. The molecule has 0 radical (unpaired) electrons. The Morgan fingerprint density at radius 3 is 2.79 bits per heavy atom. The number of rotatable bonds is 3. The first-order valence-electron chi connectivity index (χ1n) is 4.43. The van der Waals surface area contributed by atoms with Gasteiger partial charge in [0.15, 0.2) is 0 Å². The van der Waals surface area contributed by atoms with Crippen molar-refractivity contribution in [2.45, 2.75) is 20.3 Å². The van der Waals surface area contributed by atoms with E-state index in [1.807, 2.05) is 26.0 Å². The fraction of sp³-hybridized carbons (Fsp3) is 0.400. The van der Waals surface area contributed by atoms with Gasteiger partial charge in [0.25, 0.3) is 0 Å². The molecule has 3 nitrogen and oxygen atoms in total. The molecule has 1 N–H and O–H groups in total. The Labute approximate surface area is 92.1 Å². The van der Waals surface area contributed by atoms with Gasteiger partial charge in [-0.05, 0) is 26.0 Å². The summed E-state index contributed by atoms with van der Waals surface area (Å²) in [6.07, 6.45) is 0.479. The lowest BCUT2D eigenvalue weighted by Gasteiger charge is -2.07. The van der Waals surface area contributed by atoms with Crippen LogP contribution in [0.5, 0.6) is 0 Å². The number of amides is 1. The van der Waals surface area contributed by atoms with Crippen LogP contribution in [0.1, 0.15) is 17.8 Å². The highest BCUT2D eigenvalue weighted by atomic mass is 79.9. The van der Waals surface area contributed by atoms with Gasteiger partial charge in [0.1, 0.15) is 0 Å². The molecule has 0 fully saturated rings. The van der Waals surface area contributed by atoms with E-state index < -0.39 is 0 Å². The van der Waals surface area contributed by atoms with Gasteiger partial charge in [-0.1, -0.05) is 15.9 Å². The van der Waals surface area contributed by atoms with Crippen LogP contribution in [0.25, 0.3) is 0 Å². The second kappa shape index (κ2) is 5.10. The minimum atomic E-state index is 0.00984. The van der Waals surface area contributed by atoms with Gasteiger partial charge in [0.05, 0.1) is 11.4 Å². The minimum absolute atomic E-state index is 0.00984. The molecule has 1 aromatic rings. The normalized spacial score (nSPS) is 9.93. The van der Waals surface area contributed by atoms with Crippen molar-refractivity contribution in [1.29, 1.82) is 0 Å². The predicted molar refractivity (Wildman–Crippen MR) is 60.8 cm³/mol. The standard InChI is InChI=1S/C10H13BrN2O/c1-7-3-4-9(8(2)12-7)13-10(14)5-6-11/h3-4H,5-6H2,1-2H3,(H,13,14). The maximum absolute atomic E-state index is 11.3. The summed E-state index contributed by atoms with van der Waals surface area (Å²) in [6, 6.07) is 3.76. The van der Waals surface area contributed by atoms with Crippen molar-refractivity contribution in [3.63, 3.8) is 0 Å². The maximum atomic E-state index is 11.3. The molecule has 4 heteroatoms. The van der Waals surface area contributed by atoms with Crippen LogP contribution in [0, 0.1) is 13.8 Å². The first kappa shape index (κ1) is 11.2. The summed E-state index contributed by atoms with van der Waals surface area (Å²) in [5, 5.41) is 3.48. The van der Waals surface area contributed by atoms with Crippen molar-refractivity contribution in [2.75, 3.05) is 10.6 Å². The molecule has 1 amide bonds. The lowest BCUT2D eigenvalue weighted by Crippen LogP contribution is -2.13. The van der Waals surface area contributed by atoms with E-state index in [0.717, 1.165) is 17.1 Å². The van der Waals surface area contributed by atoms with Crippen LogP contribution >= 0.6 is 15.9 Å². The van der Waals surface area contributed by atoms with Crippen molar-refractivity contribution in [2.24, 2.45) is 0 Å². The fourth-order valence-electron chi connectivity index (χ4n) is 1.12. The van der Waals surface area contributed by atoms with E-state index in [0.29, 0.717) is 11.8 Å². The molecular formula is C10H13BrN2O. The predicted octanol–water partition coefficient (Wildman–Crippen LogP) is 2.42. The van der Waals surface area contributed by atoms with E-state index in [9.17, 15) is 4.79 Å². The number of carbonyl (C=O) groups is 1. The highest BCUT2D eigenvalue weighted by molar-refractivity contribution is 9.09. The van der Waals surface area contributed by atoms with E-state index >= 15 is 0 Å². The van der Waals surface area contributed by atoms with Gasteiger partial charge in [-0.2, -0.15) is 0 Å². The Bertz CT molecular complexity index is 339. The number of aryl methyl sites for hydroxylation is 2. The molecule has 76 valence electrons. The molecule has 0 atom stereocenters. The van der Waals surface area contributed by atoms with E-state index in [4.69, 9.17) is 0 Å². The first-order chi connectivity index (χ1) is 6.63. The lowest BCUT2D eigenvalue weighted by atomic mass is 10.2. The molecule has 0 aliphatic carbocycles. The molecule has 0 bridgehead atoms. The quantitative estimate of drug-likeness (QED) is 0.845. The number of aromatic nitrogens is 1. The van der Waals surface area contributed by atoms with Gasteiger partial charge in [-0.15, -0.1) is 0 Å². The summed E-state index contributed by atoms with van der Waals surface area (Å²) in [6.45, 7) is 3.81. The SMILES string of the molecule is Cc1ccc(NC(=O)CCBr)c(C)n1. The number of anilines is 1. The van der Waals surface area contributed by atoms with Gasteiger partial charge < -0.3 is 5.32 Å². The summed E-state index contributed by atoms with van der Waals surface area (Å²) in [7, 11) is 0. The van der Waals surface area contributed by atoms with Crippen LogP contribution in [0.2, 0.25) is 0 Å². The van der Waals surface area contributed by atoms with Gasteiger partial charge in [-0.25, -0.2) is 0 Å². The highest BCUT2D eigenvalue weighted by Crippen LogP contribution is 2.12. The molecule has 0 aliphatic heterocycles. The highest BCUT2D eigenvalue weighted by Gasteiger charge is 2.04. The minimum Gasteiger partial charge on any atom is -0.324 e. The number of halogens is 1. The number of pyridine rings is 1. The number of nitrogens with zero attached hydrogens (tertiary/aromatic N) is 1. The van der Waals surface area contributed by atoms with Crippen molar-refractivity contribution in [1.82, 2.24) is 4.98 Å². The molecule has 1 rings (SSSR count). The molecule has 0 aromatic carbocycles. The second-order valence-electron chi connectivity index (χ2n) is 3.07. The molecule has 0 saturated carbocycles. The van der Waals surface area contributed by atoms with Crippen molar-refractivity contribution < 1.29 is 4.79 Å². The largest absolute Gasteiger partial charge is 0.324 e. The van der Waals surface area contributed by atoms with E-state index in [2.05, 4.69) is 26.2 Å². The van der Waals surface area contributed by atoms with Crippen molar-refractivity contribution >= 4 is 27.5 Å². The average Bonchev–Trinajstić information content (AvgIpc) is 2.10. The van der Waals surface area contributed by atoms with E-state index in [1.165, 1.54) is 0 Å². The van der Waals surface area contributed by atoms with Gasteiger partial charge in [-0.3, -0.25) is 9.78 Å². The number of alkyl halides is 1. The summed E-state index contributed by atoms with van der Waals surface area (Å²) >= 11 is 3.22. The van der Waals surface area contributed by atoms with Gasteiger partial charge >= 0.3 is 0 Å². The third-order valence-corrected chi connectivity index (χ3v) is 2.22. The Morgan fingerprint density at radius 1 is 1.50 bits per heavy atom. The third kappa shape index (κ3) is 3.10. The summed E-state index contributed by atoms with van der Waals surface area (Å²) in [5.41, 5.74) is 2.61. The molecular weight excluding hydrogens is 244 g/mol. The topological polar surface area (TPSA) is 42.0 Å². The monoisotopic (exact) mass is 256 g/mol. The fourth-order valence-corrected chi connectivity index (χ4v) is 1.48. The zero-order valence-electron chi connectivity index (χ0n) is 8.30. The van der Waals surface area contributed by atoms with E-state index in [1.54, 1.807) is 0 Å². The smallest absolute Gasteiger partial charge is 0.225 e. The first-order valence-corrected chi connectivity index (χ1v) is 5.55. The second-order valence-corrected chi connectivity index (χ2v) is 3.87. The molecule has 0 aliphatic rings. The number of hydrogen-bond acceptors (Lipinski definition) is 2. The van der Waals surface area contributed by atoms with Crippen LogP contribution in [0.4, 0.5) is 5.69 Å². The zero-order valence-corrected chi connectivity index (χ0v) is 9.89. The van der Waals surface area contributed by atoms with E-state index in [-0.39, 0.29) is 5.91 Å². The summed E-state index contributed by atoms with van der Waals surface area (Å²) in [5.74, 6) is 0.00984. The molecule has 1 heterocycles. The molecule has 0 spiro atoms. The van der Waals surface area contributed by atoms with Crippen LogP contribution in [-0.4, -0.2) is 16.2 Å².